The highest BCUT2D eigenvalue weighted by Gasteiger charge is 2.26. The van der Waals surface area contributed by atoms with E-state index in [1.807, 2.05) is 0 Å². The summed E-state index contributed by atoms with van der Waals surface area (Å²) < 4.78 is 6.13. The van der Waals surface area contributed by atoms with Crippen molar-refractivity contribution >= 4 is 0 Å². The van der Waals surface area contributed by atoms with Gasteiger partial charge < -0.3 is 4.74 Å². The zero-order chi connectivity index (χ0) is 18.7. The van der Waals surface area contributed by atoms with Crippen molar-refractivity contribution in [3.8, 4) is 0 Å². The summed E-state index contributed by atoms with van der Waals surface area (Å²) in [5, 5.41) is 0. The highest BCUT2D eigenvalue weighted by molar-refractivity contribution is 5.17. The maximum absolute atomic E-state index is 6.13. The molecule has 0 saturated heterocycles. The Kier molecular flexibility index (Phi) is 8.38. The molecule has 146 valence electrons. The van der Waals surface area contributed by atoms with E-state index in [0.717, 1.165) is 19.7 Å². The molecule has 2 nitrogen and oxygen atoms in total. The standard InChI is InChI=1S/C25H35NO/c1-2-3-10-19-27-25-17-15-24(16-18-25)26(20-22-11-6-4-7-12-22)21-23-13-8-5-9-14-23/h4-9,11-14,24-25H,2-3,10,15-21H2,1H3/t24-,25-. The van der Waals surface area contributed by atoms with Gasteiger partial charge in [0.05, 0.1) is 6.10 Å². The fourth-order valence-corrected chi connectivity index (χ4v) is 4.13. The lowest BCUT2D eigenvalue weighted by molar-refractivity contribution is 0.00297. The zero-order valence-corrected chi connectivity index (χ0v) is 16.9. The Hall–Kier alpha value is -1.64. The van der Waals surface area contributed by atoms with Gasteiger partial charge in [-0.3, -0.25) is 4.90 Å². The molecule has 3 rings (SSSR count). The lowest BCUT2D eigenvalue weighted by atomic mass is 9.91. The van der Waals surface area contributed by atoms with Crippen molar-refractivity contribution in [3.05, 3.63) is 71.8 Å². The molecule has 2 heteroatoms. The van der Waals surface area contributed by atoms with Crippen molar-refractivity contribution in [3.63, 3.8) is 0 Å². The van der Waals surface area contributed by atoms with Gasteiger partial charge in [0.15, 0.2) is 0 Å². The molecule has 1 saturated carbocycles. The Bertz CT molecular complexity index is 578. The van der Waals surface area contributed by atoms with Gasteiger partial charge in [0.25, 0.3) is 0 Å². The molecule has 0 radical (unpaired) electrons. The number of ether oxygens (including phenoxy) is 1. The van der Waals surface area contributed by atoms with Crippen LogP contribution in [0.4, 0.5) is 0 Å². The molecule has 0 amide bonds. The van der Waals surface area contributed by atoms with Gasteiger partial charge >= 0.3 is 0 Å². The number of rotatable bonds is 10. The topological polar surface area (TPSA) is 12.5 Å². The van der Waals surface area contributed by atoms with Crippen LogP contribution in [-0.2, 0) is 17.8 Å². The van der Waals surface area contributed by atoms with Crippen LogP contribution in [0.15, 0.2) is 60.7 Å². The predicted octanol–water partition coefficient (Wildman–Crippen LogP) is 6.21. The molecule has 0 atom stereocenters. The lowest BCUT2D eigenvalue weighted by Crippen LogP contribution is -2.38. The first-order valence-corrected chi connectivity index (χ1v) is 10.8. The van der Waals surface area contributed by atoms with Crippen LogP contribution in [0.1, 0.15) is 63.0 Å². The second-order valence-corrected chi connectivity index (χ2v) is 7.88. The molecular formula is C25H35NO. The van der Waals surface area contributed by atoms with Crippen molar-refractivity contribution in [2.24, 2.45) is 0 Å². The smallest absolute Gasteiger partial charge is 0.0576 e. The molecule has 0 spiro atoms. The summed E-state index contributed by atoms with van der Waals surface area (Å²) in [5.41, 5.74) is 2.82. The summed E-state index contributed by atoms with van der Waals surface area (Å²) in [6.45, 7) is 5.25. The molecule has 0 unspecified atom stereocenters. The van der Waals surface area contributed by atoms with Gasteiger partial charge in [-0.25, -0.2) is 0 Å². The molecule has 0 aromatic heterocycles. The van der Waals surface area contributed by atoms with Crippen LogP contribution in [-0.4, -0.2) is 23.7 Å². The summed E-state index contributed by atoms with van der Waals surface area (Å²) in [6, 6.07) is 22.5. The first-order chi connectivity index (χ1) is 13.3. The molecular weight excluding hydrogens is 330 g/mol. The molecule has 0 heterocycles. The van der Waals surface area contributed by atoms with E-state index in [4.69, 9.17) is 4.74 Å². The van der Waals surface area contributed by atoms with Crippen LogP contribution in [0.2, 0.25) is 0 Å². The number of hydrogen-bond donors (Lipinski definition) is 0. The average molecular weight is 366 g/mol. The van der Waals surface area contributed by atoms with Crippen LogP contribution in [0, 0.1) is 0 Å². The van der Waals surface area contributed by atoms with E-state index in [0.29, 0.717) is 12.1 Å². The summed E-state index contributed by atoms with van der Waals surface area (Å²) >= 11 is 0. The van der Waals surface area contributed by atoms with Crippen molar-refractivity contribution in [1.29, 1.82) is 0 Å². The van der Waals surface area contributed by atoms with Crippen LogP contribution >= 0.6 is 0 Å². The second-order valence-electron chi connectivity index (χ2n) is 7.88. The molecule has 27 heavy (non-hydrogen) atoms. The maximum Gasteiger partial charge on any atom is 0.0576 e. The number of hydrogen-bond acceptors (Lipinski definition) is 2. The SMILES string of the molecule is CCCCCO[C@H]1CC[C@H](N(Cc2ccccc2)Cc2ccccc2)CC1. The fourth-order valence-electron chi connectivity index (χ4n) is 4.13. The highest BCUT2D eigenvalue weighted by atomic mass is 16.5. The minimum Gasteiger partial charge on any atom is -0.378 e. The molecule has 1 fully saturated rings. The predicted molar refractivity (Wildman–Crippen MR) is 114 cm³/mol. The molecule has 0 bridgehead atoms. The number of nitrogens with zero attached hydrogens (tertiary/aromatic N) is 1. The maximum atomic E-state index is 6.13. The molecule has 0 N–H and O–H groups in total. The van der Waals surface area contributed by atoms with Crippen LogP contribution in [0.5, 0.6) is 0 Å². The van der Waals surface area contributed by atoms with Crippen molar-refractivity contribution in [2.45, 2.75) is 77.1 Å². The Morgan fingerprint density at radius 1 is 0.778 bits per heavy atom. The van der Waals surface area contributed by atoms with Crippen molar-refractivity contribution in [2.75, 3.05) is 6.61 Å². The van der Waals surface area contributed by atoms with Crippen LogP contribution < -0.4 is 0 Å². The highest BCUT2D eigenvalue weighted by Crippen LogP contribution is 2.28. The van der Waals surface area contributed by atoms with Gasteiger partial charge in [-0.2, -0.15) is 0 Å². The summed E-state index contributed by atoms with van der Waals surface area (Å²) in [5.74, 6) is 0. The van der Waals surface area contributed by atoms with Gasteiger partial charge in [0, 0.05) is 25.7 Å². The minimum absolute atomic E-state index is 0.480. The third-order valence-corrected chi connectivity index (χ3v) is 5.72. The van der Waals surface area contributed by atoms with E-state index in [1.54, 1.807) is 0 Å². The second kappa shape index (κ2) is 11.3. The average Bonchev–Trinajstić information content (AvgIpc) is 2.73. The molecule has 2 aromatic rings. The monoisotopic (exact) mass is 365 g/mol. The van der Waals surface area contributed by atoms with Gasteiger partial charge in [0.2, 0.25) is 0 Å². The Morgan fingerprint density at radius 3 is 1.85 bits per heavy atom. The quantitative estimate of drug-likeness (QED) is 0.464. The Morgan fingerprint density at radius 2 is 1.33 bits per heavy atom. The van der Waals surface area contributed by atoms with E-state index in [1.165, 1.54) is 56.1 Å². The summed E-state index contributed by atoms with van der Waals surface area (Å²) in [4.78, 5) is 2.68. The molecule has 0 aliphatic heterocycles. The first kappa shape index (κ1) is 20.1. The molecule has 1 aliphatic rings. The fraction of sp³-hybridized carbons (Fsp3) is 0.520. The van der Waals surface area contributed by atoms with E-state index in [2.05, 4.69) is 72.5 Å². The van der Waals surface area contributed by atoms with E-state index >= 15 is 0 Å². The third kappa shape index (κ3) is 6.79. The minimum atomic E-state index is 0.480. The lowest BCUT2D eigenvalue weighted by Gasteiger charge is -2.37. The van der Waals surface area contributed by atoms with Crippen molar-refractivity contribution < 1.29 is 4.74 Å². The van der Waals surface area contributed by atoms with Gasteiger partial charge in [0.1, 0.15) is 0 Å². The van der Waals surface area contributed by atoms with E-state index in [-0.39, 0.29) is 0 Å². The van der Waals surface area contributed by atoms with Gasteiger partial charge in [-0.05, 0) is 43.2 Å². The summed E-state index contributed by atoms with van der Waals surface area (Å²) in [6.07, 6.45) is 9.16. The van der Waals surface area contributed by atoms with Gasteiger partial charge in [-0.1, -0.05) is 80.4 Å². The normalized spacial score (nSPS) is 20.1. The largest absolute Gasteiger partial charge is 0.378 e. The number of unbranched alkanes of at least 4 members (excludes halogenated alkanes) is 2. The Labute approximate surface area is 165 Å². The van der Waals surface area contributed by atoms with Crippen LogP contribution in [0.3, 0.4) is 0 Å². The first-order valence-electron chi connectivity index (χ1n) is 10.8. The molecule has 1 aliphatic carbocycles. The van der Waals surface area contributed by atoms with Crippen LogP contribution in [0.25, 0.3) is 0 Å². The van der Waals surface area contributed by atoms with E-state index < -0.39 is 0 Å². The molecule has 2 aromatic carbocycles. The Balaban J connectivity index is 1.56. The van der Waals surface area contributed by atoms with E-state index in [9.17, 15) is 0 Å². The zero-order valence-electron chi connectivity index (χ0n) is 16.9. The summed E-state index contributed by atoms with van der Waals surface area (Å²) in [7, 11) is 0. The van der Waals surface area contributed by atoms with Crippen molar-refractivity contribution in [1.82, 2.24) is 4.90 Å². The van der Waals surface area contributed by atoms with Gasteiger partial charge in [-0.15, -0.1) is 0 Å². The third-order valence-electron chi connectivity index (χ3n) is 5.72. The number of benzene rings is 2.